The topological polar surface area (TPSA) is 116 Å². The lowest BCUT2D eigenvalue weighted by Gasteiger charge is -2.31. The summed E-state index contributed by atoms with van der Waals surface area (Å²) in [6, 6.07) is 0.377. The lowest BCUT2D eigenvalue weighted by atomic mass is 9.91. The maximum absolute atomic E-state index is 12.9. The summed E-state index contributed by atoms with van der Waals surface area (Å²) >= 11 is 0. The number of nitrogens with zero attached hydrogens (tertiary/aromatic N) is 1. The van der Waals surface area contributed by atoms with Crippen LogP contribution in [0.3, 0.4) is 0 Å². The van der Waals surface area contributed by atoms with Gasteiger partial charge >= 0.3 is 5.97 Å². The first-order valence-electron chi connectivity index (χ1n) is 11.6. The molecule has 2 heterocycles. The van der Waals surface area contributed by atoms with Crippen LogP contribution >= 0.6 is 0 Å². The molecule has 1 amide bonds. The van der Waals surface area contributed by atoms with Gasteiger partial charge in [-0.3, -0.25) is 4.79 Å². The number of aromatic hydroxyl groups is 1. The van der Waals surface area contributed by atoms with Gasteiger partial charge in [0.15, 0.2) is 23.2 Å². The zero-order valence-electron chi connectivity index (χ0n) is 20.5. The summed E-state index contributed by atoms with van der Waals surface area (Å²) in [5, 5.41) is 12.8. The van der Waals surface area contributed by atoms with Crippen molar-refractivity contribution in [2.45, 2.75) is 65.7 Å². The molecule has 0 saturated carbocycles. The second-order valence-corrected chi connectivity index (χ2v) is 9.34. The van der Waals surface area contributed by atoms with E-state index in [1.165, 1.54) is 19.4 Å². The summed E-state index contributed by atoms with van der Waals surface area (Å²) in [5.41, 5.74) is -0.247. The van der Waals surface area contributed by atoms with E-state index < -0.39 is 29.8 Å². The number of nitrogens with one attached hydrogen (secondary N) is 1. The highest BCUT2D eigenvalue weighted by Crippen LogP contribution is 2.28. The third-order valence-electron chi connectivity index (χ3n) is 5.49. The van der Waals surface area contributed by atoms with E-state index in [9.17, 15) is 14.7 Å². The minimum Gasteiger partial charge on any atom is -0.503 e. The molecule has 0 unspecified atom stereocenters. The molecule has 2 rings (SSSR count). The zero-order valence-corrected chi connectivity index (χ0v) is 20.5. The van der Waals surface area contributed by atoms with Gasteiger partial charge in [0.25, 0.3) is 5.91 Å². The molecular weight excluding hydrogens is 428 g/mol. The Balaban J connectivity index is 2.17. The lowest BCUT2D eigenvalue weighted by molar-refractivity contribution is -0.161. The number of pyridine rings is 1. The highest BCUT2D eigenvalue weighted by molar-refractivity contribution is 5.98. The van der Waals surface area contributed by atoms with Crippen LogP contribution in [0.5, 0.6) is 11.5 Å². The molecule has 1 aliphatic heterocycles. The van der Waals surface area contributed by atoms with Crippen LogP contribution in [0, 0.1) is 17.8 Å². The molecule has 186 valence electrons. The fourth-order valence-corrected chi connectivity index (χ4v) is 3.68. The molecule has 9 heteroatoms. The van der Waals surface area contributed by atoms with Gasteiger partial charge in [-0.2, -0.15) is 0 Å². The lowest BCUT2D eigenvalue weighted by Crippen LogP contribution is -2.46. The minimum absolute atomic E-state index is 0.0486. The van der Waals surface area contributed by atoms with E-state index in [0.717, 1.165) is 12.8 Å². The molecule has 1 fully saturated rings. The molecule has 0 radical (unpaired) electrons. The fourth-order valence-electron chi connectivity index (χ4n) is 3.68. The number of carbonyl (C=O) groups excluding carboxylic acids is 2. The Kier molecular flexibility index (Phi) is 10.4. The molecule has 4 atom stereocenters. The van der Waals surface area contributed by atoms with E-state index >= 15 is 0 Å². The van der Waals surface area contributed by atoms with Crippen LogP contribution < -0.4 is 10.1 Å². The molecule has 1 saturated heterocycles. The Morgan fingerprint density at radius 2 is 2.00 bits per heavy atom. The van der Waals surface area contributed by atoms with Crippen LogP contribution in [0.1, 0.15) is 57.9 Å². The fraction of sp³-hybridized carbons (Fsp3) is 0.708. The molecule has 1 aliphatic rings. The number of hydrogen-bond acceptors (Lipinski definition) is 8. The average Bonchev–Trinajstić information content (AvgIpc) is 2.80. The number of rotatable bonds is 9. The van der Waals surface area contributed by atoms with Crippen molar-refractivity contribution < 1.29 is 33.6 Å². The highest BCUT2D eigenvalue weighted by Gasteiger charge is 2.36. The molecule has 1 aromatic heterocycles. The molecule has 9 nitrogen and oxygen atoms in total. The monoisotopic (exact) mass is 466 g/mol. The van der Waals surface area contributed by atoms with Gasteiger partial charge in [-0.15, -0.1) is 0 Å². The number of hydrogen-bond donors (Lipinski definition) is 2. The summed E-state index contributed by atoms with van der Waals surface area (Å²) in [6.07, 6.45) is 2.38. The van der Waals surface area contributed by atoms with Gasteiger partial charge in [-0.05, 0) is 25.2 Å². The Bertz CT molecular complexity index is 784. The molecule has 0 spiro atoms. The molecule has 0 aliphatic carbocycles. The van der Waals surface area contributed by atoms with Crippen LogP contribution in [-0.4, -0.2) is 67.1 Å². The van der Waals surface area contributed by atoms with Gasteiger partial charge in [0, 0.05) is 24.8 Å². The smallest absolute Gasteiger partial charge is 0.331 e. The maximum atomic E-state index is 12.9. The van der Waals surface area contributed by atoms with E-state index in [1.807, 2.05) is 6.92 Å². The quantitative estimate of drug-likeness (QED) is 0.534. The number of methoxy groups -OCH3 is 1. The van der Waals surface area contributed by atoms with E-state index in [4.69, 9.17) is 18.9 Å². The van der Waals surface area contributed by atoms with Crippen molar-refractivity contribution in [2.24, 2.45) is 17.8 Å². The Labute approximate surface area is 196 Å². The standard InChI is InChI=1S/C24H38N2O7/c1-14(2)7-8-17-12-31-13-18(24(29)33-16(5)22(17)32-11-15(3)4)26-23(28)20-21(27)19(30-6)9-10-25-20/h9-10,14-18,22,27H,7-8,11-13H2,1-6H3,(H,26,28)/t16-,17-,18-,22-/m0/s1. The molecule has 2 N–H and O–H groups in total. The minimum atomic E-state index is -1.05. The van der Waals surface area contributed by atoms with Crippen molar-refractivity contribution in [3.8, 4) is 11.5 Å². The molecular formula is C24H38N2O7. The largest absolute Gasteiger partial charge is 0.503 e. The molecule has 1 aromatic rings. The maximum Gasteiger partial charge on any atom is 0.331 e. The second-order valence-electron chi connectivity index (χ2n) is 9.34. The Hall–Kier alpha value is -2.39. The van der Waals surface area contributed by atoms with Crippen LogP contribution in [0.4, 0.5) is 0 Å². The van der Waals surface area contributed by atoms with Crippen LogP contribution in [0.2, 0.25) is 0 Å². The number of aromatic nitrogens is 1. The van der Waals surface area contributed by atoms with Crippen LogP contribution in [0.25, 0.3) is 0 Å². The van der Waals surface area contributed by atoms with Gasteiger partial charge in [-0.25, -0.2) is 9.78 Å². The van der Waals surface area contributed by atoms with Crippen molar-refractivity contribution in [3.63, 3.8) is 0 Å². The predicted molar refractivity (Wildman–Crippen MR) is 122 cm³/mol. The van der Waals surface area contributed by atoms with Gasteiger partial charge in [0.05, 0.1) is 26.4 Å². The first-order chi connectivity index (χ1) is 15.6. The SMILES string of the molecule is COc1ccnc(C(=O)N[C@H]2COC[C@H](CCC(C)C)[C@@H](OCC(C)C)[C@H](C)OC2=O)c1O. The first kappa shape index (κ1) is 26.9. The first-order valence-corrected chi connectivity index (χ1v) is 11.6. The molecule has 0 aromatic carbocycles. The van der Waals surface area contributed by atoms with Gasteiger partial charge in [-0.1, -0.05) is 34.1 Å². The number of esters is 1. The number of ether oxygens (including phenoxy) is 4. The van der Waals surface area contributed by atoms with Crippen LogP contribution in [0.15, 0.2) is 12.3 Å². The normalized spacial score (nSPS) is 24.1. The van der Waals surface area contributed by atoms with E-state index in [-0.39, 0.29) is 30.1 Å². The Morgan fingerprint density at radius 3 is 2.64 bits per heavy atom. The number of amides is 1. The number of cyclic esters (lactones) is 1. The summed E-state index contributed by atoms with van der Waals surface area (Å²) in [5.74, 6) is -0.742. The van der Waals surface area contributed by atoms with Crippen molar-refractivity contribution in [3.05, 3.63) is 18.0 Å². The van der Waals surface area contributed by atoms with Crippen molar-refractivity contribution in [1.29, 1.82) is 0 Å². The van der Waals surface area contributed by atoms with Gasteiger partial charge in [0.1, 0.15) is 6.10 Å². The molecule has 0 bridgehead atoms. The zero-order chi connectivity index (χ0) is 24.5. The van der Waals surface area contributed by atoms with Crippen molar-refractivity contribution in [2.75, 3.05) is 26.9 Å². The van der Waals surface area contributed by atoms with Gasteiger partial charge < -0.3 is 29.4 Å². The summed E-state index contributed by atoms with van der Waals surface area (Å²) in [7, 11) is 1.37. The average molecular weight is 467 g/mol. The Morgan fingerprint density at radius 1 is 1.27 bits per heavy atom. The van der Waals surface area contributed by atoms with E-state index in [1.54, 1.807) is 0 Å². The second kappa shape index (κ2) is 12.7. The number of carbonyl (C=O) groups is 2. The summed E-state index contributed by atoms with van der Waals surface area (Å²) in [6.45, 7) is 11.1. The highest BCUT2D eigenvalue weighted by atomic mass is 16.6. The summed E-state index contributed by atoms with van der Waals surface area (Å²) < 4.78 is 22.8. The van der Waals surface area contributed by atoms with Crippen molar-refractivity contribution >= 4 is 11.9 Å². The third-order valence-corrected chi connectivity index (χ3v) is 5.49. The predicted octanol–water partition coefficient (Wildman–Crippen LogP) is 2.95. The van der Waals surface area contributed by atoms with E-state index in [2.05, 4.69) is 38.0 Å². The van der Waals surface area contributed by atoms with Gasteiger partial charge in [0.2, 0.25) is 0 Å². The van der Waals surface area contributed by atoms with E-state index in [0.29, 0.717) is 25.0 Å². The van der Waals surface area contributed by atoms with Crippen LogP contribution in [-0.2, 0) is 19.0 Å². The van der Waals surface area contributed by atoms with Crippen molar-refractivity contribution in [1.82, 2.24) is 10.3 Å². The molecule has 33 heavy (non-hydrogen) atoms. The summed E-state index contributed by atoms with van der Waals surface area (Å²) in [4.78, 5) is 29.5. The third kappa shape index (κ3) is 7.85.